The molecule has 2 atom stereocenters. The zero-order chi connectivity index (χ0) is 11.9. The van der Waals surface area contributed by atoms with Gasteiger partial charge in [0.15, 0.2) is 0 Å². The lowest BCUT2D eigenvalue weighted by Crippen LogP contribution is -2.44. The van der Waals surface area contributed by atoms with Gasteiger partial charge in [0.1, 0.15) is 9.53 Å². The molecule has 0 aromatic heterocycles. The zero-order valence-corrected chi connectivity index (χ0v) is 12.4. The van der Waals surface area contributed by atoms with Gasteiger partial charge in [-0.1, -0.05) is 22.6 Å². The van der Waals surface area contributed by atoms with Crippen molar-refractivity contribution in [2.24, 2.45) is 0 Å². The number of piperidine rings is 1. The van der Waals surface area contributed by atoms with Gasteiger partial charge in [-0.3, -0.25) is 4.79 Å². The van der Waals surface area contributed by atoms with Crippen LogP contribution in [0.1, 0.15) is 39.5 Å². The fourth-order valence-corrected chi connectivity index (χ4v) is 2.88. The topological polar surface area (TPSA) is 29.5 Å². The van der Waals surface area contributed by atoms with Crippen LogP contribution >= 0.6 is 22.6 Å². The monoisotopic (exact) mass is 337 g/mol. The van der Waals surface area contributed by atoms with E-state index in [1.165, 1.54) is 12.8 Å². The Balaban J connectivity index is 1.92. The van der Waals surface area contributed by atoms with Crippen molar-refractivity contribution in [2.45, 2.75) is 61.1 Å². The van der Waals surface area contributed by atoms with Gasteiger partial charge >= 0.3 is 5.97 Å². The number of esters is 1. The summed E-state index contributed by atoms with van der Waals surface area (Å²) in [6.07, 6.45) is 4.72. The summed E-state index contributed by atoms with van der Waals surface area (Å²) < 4.78 is 5.21. The van der Waals surface area contributed by atoms with E-state index in [4.69, 9.17) is 4.74 Å². The minimum atomic E-state index is -0.403. The highest BCUT2D eigenvalue weighted by atomic mass is 127. The molecule has 3 nitrogen and oxygen atoms in total. The van der Waals surface area contributed by atoms with Crippen molar-refractivity contribution in [2.75, 3.05) is 7.05 Å². The van der Waals surface area contributed by atoms with Crippen molar-refractivity contribution in [3.63, 3.8) is 0 Å². The van der Waals surface area contributed by atoms with Gasteiger partial charge < -0.3 is 9.64 Å². The Morgan fingerprint density at radius 3 is 2.25 bits per heavy atom. The number of alkyl halides is 1. The molecule has 92 valence electrons. The first-order valence-electron chi connectivity index (χ1n) is 6.00. The SMILES string of the molecule is CN1C2CCC1CC(OC(=O)C(C)(C)I)C2. The number of carbonyl (C=O) groups excluding carboxylic acids is 1. The van der Waals surface area contributed by atoms with Crippen LogP contribution in [0.2, 0.25) is 0 Å². The van der Waals surface area contributed by atoms with Gasteiger partial charge in [-0.15, -0.1) is 0 Å². The van der Waals surface area contributed by atoms with Crippen molar-refractivity contribution in [1.82, 2.24) is 4.90 Å². The van der Waals surface area contributed by atoms with Crippen LogP contribution in [0, 0.1) is 0 Å². The minimum absolute atomic E-state index is 0.0675. The molecule has 0 saturated carbocycles. The van der Waals surface area contributed by atoms with Crippen molar-refractivity contribution in [3.8, 4) is 0 Å². The molecule has 0 amide bonds. The van der Waals surface area contributed by atoms with Crippen LogP contribution in [-0.2, 0) is 9.53 Å². The number of carbonyl (C=O) groups is 1. The molecule has 2 saturated heterocycles. The fraction of sp³-hybridized carbons (Fsp3) is 0.917. The van der Waals surface area contributed by atoms with Gasteiger partial charge in [0, 0.05) is 12.1 Å². The highest BCUT2D eigenvalue weighted by Gasteiger charge is 2.40. The first-order chi connectivity index (χ1) is 7.38. The quantitative estimate of drug-likeness (QED) is 0.440. The maximum Gasteiger partial charge on any atom is 0.321 e. The third kappa shape index (κ3) is 2.53. The molecule has 2 rings (SSSR count). The maximum atomic E-state index is 11.8. The van der Waals surface area contributed by atoms with E-state index in [9.17, 15) is 4.79 Å². The number of rotatable bonds is 2. The molecule has 0 spiro atoms. The molecule has 2 unspecified atom stereocenters. The molecule has 2 aliphatic heterocycles. The number of halogens is 1. The Hall–Kier alpha value is 0.160. The van der Waals surface area contributed by atoms with Crippen molar-refractivity contribution in [3.05, 3.63) is 0 Å². The molecule has 4 heteroatoms. The first-order valence-corrected chi connectivity index (χ1v) is 7.07. The Morgan fingerprint density at radius 2 is 1.81 bits per heavy atom. The average molecular weight is 337 g/mol. The molecule has 2 bridgehead atoms. The second-order valence-corrected chi connectivity index (χ2v) is 8.22. The Morgan fingerprint density at radius 1 is 1.31 bits per heavy atom. The van der Waals surface area contributed by atoms with Crippen molar-refractivity contribution >= 4 is 28.6 Å². The van der Waals surface area contributed by atoms with Gasteiger partial charge in [-0.2, -0.15) is 0 Å². The summed E-state index contributed by atoms with van der Waals surface area (Å²) in [6, 6.07) is 1.27. The van der Waals surface area contributed by atoms with E-state index < -0.39 is 3.42 Å². The molecule has 2 fully saturated rings. The summed E-state index contributed by atoms with van der Waals surface area (Å²) in [5.41, 5.74) is 0. The molecule has 0 aliphatic carbocycles. The standard InChI is InChI=1S/C12H20INO2/c1-12(2,13)11(15)16-10-6-8-4-5-9(7-10)14(8)3/h8-10H,4-7H2,1-3H3. The minimum Gasteiger partial charge on any atom is -0.461 e. The van der Waals surface area contributed by atoms with Crippen LogP contribution in [0.25, 0.3) is 0 Å². The maximum absolute atomic E-state index is 11.8. The van der Waals surface area contributed by atoms with Gasteiger partial charge in [0.25, 0.3) is 0 Å². The van der Waals surface area contributed by atoms with Crippen LogP contribution in [0.5, 0.6) is 0 Å². The summed E-state index contributed by atoms with van der Waals surface area (Å²) in [4.78, 5) is 14.3. The lowest BCUT2D eigenvalue weighted by atomic mass is 10.0. The van der Waals surface area contributed by atoms with Crippen LogP contribution in [0.4, 0.5) is 0 Å². The molecular weight excluding hydrogens is 317 g/mol. The highest BCUT2D eigenvalue weighted by Crippen LogP contribution is 2.36. The molecular formula is C12H20INO2. The molecule has 2 heterocycles. The average Bonchev–Trinajstić information content (AvgIpc) is 2.41. The number of hydrogen-bond acceptors (Lipinski definition) is 3. The van der Waals surface area contributed by atoms with Crippen LogP contribution < -0.4 is 0 Å². The first kappa shape index (κ1) is 12.6. The van der Waals surface area contributed by atoms with Gasteiger partial charge in [-0.25, -0.2) is 0 Å². The van der Waals surface area contributed by atoms with Crippen LogP contribution in [0.3, 0.4) is 0 Å². The van der Waals surface area contributed by atoms with Crippen molar-refractivity contribution in [1.29, 1.82) is 0 Å². The number of hydrogen-bond donors (Lipinski definition) is 0. The van der Waals surface area contributed by atoms with Crippen LogP contribution in [0.15, 0.2) is 0 Å². The summed E-state index contributed by atoms with van der Waals surface area (Å²) in [5, 5.41) is 0. The van der Waals surface area contributed by atoms with E-state index in [0.29, 0.717) is 12.1 Å². The van der Waals surface area contributed by atoms with E-state index in [1.807, 2.05) is 13.8 Å². The molecule has 0 aromatic carbocycles. The smallest absolute Gasteiger partial charge is 0.321 e. The normalized spacial score (nSPS) is 35.1. The predicted molar refractivity (Wildman–Crippen MR) is 71.8 cm³/mol. The fourth-order valence-electron chi connectivity index (χ4n) is 2.75. The molecule has 16 heavy (non-hydrogen) atoms. The van der Waals surface area contributed by atoms with Gasteiger partial charge in [0.2, 0.25) is 0 Å². The Labute approximate surface area is 111 Å². The summed E-state index contributed by atoms with van der Waals surface area (Å²) in [7, 11) is 2.20. The zero-order valence-electron chi connectivity index (χ0n) is 10.2. The Kier molecular flexibility index (Phi) is 3.50. The lowest BCUT2D eigenvalue weighted by Gasteiger charge is -2.36. The van der Waals surface area contributed by atoms with Crippen LogP contribution in [-0.4, -0.2) is 39.5 Å². The van der Waals surface area contributed by atoms with Gasteiger partial charge in [-0.05, 0) is 46.6 Å². The molecule has 0 aromatic rings. The van der Waals surface area contributed by atoms with E-state index in [-0.39, 0.29) is 12.1 Å². The predicted octanol–water partition coefficient (Wildman–Crippen LogP) is 2.37. The lowest BCUT2D eigenvalue weighted by molar-refractivity contribution is -0.153. The van der Waals surface area contributed by atoms with E-state index >= 15 is 0 Å². The molecule has 0 radical (unpaired) electrons. The summed E-state index contributed by atoms with van der Waals surface area (Å²) in [5.74, 6) is -0.0675. The van der Waals surface area contributed by atoms with E-state index in [2.05, 4.69) is 34.5 Å². The second kappa shape index (κ2) is 4.44. The molecule has 0 N–H and O–H groups in total. The third-order valence-corrected chi connectivity index (χ3v) is 4.25. The second-order valence-electron chi connectivity index (χ2n) is 5.52. The summed E-state index contributed by atoms with van der Waals surface area (Å²) >= 11 is 2.14. The Bertz CT molecular complexity index is 273. The van der Waals surface area contributed by atoms with E-state index in [0.717, 1.165) is 12.8 Å². The number of nitrogens with zero attached hydrogens (tertiary/aromatic N) is 1. The molecule has 2 aliphatic rings. The van der Waals surface area contributed by atoms with E-state index in [1.54, 1.807) is 0 Å². The number of ether oxygens (including phenoxy) is 1. The van der Waals surface area contributed by atoms with Gasteiger partial charge in [0.05, 0.1) is 0 Å². The summed E-state index contributed by atoms with van der Waals surface area (Å²) in [6.45, 7) is 3.80. The largest absolute Gasteiger partial charge is 0.461 e. The number of fused-ring (bicyclic) bond motifs is 2. The third-order valence-electron chi connectivity index (χ3n) is 3.81. The highest BCUT2D eigenvalue weighted by molar-refractivity contribution is 14.1. The van der Waals surface area contributed by atoms with Crippen molar-refractivity contribution < 1.29 is 9.53 Å².